The van der Waals surface area contributed by atoms with Crippen molar-refractivity contribution in [1.82, 2.24) is 0 Å². The predicted octanol–water partition coefficient (Wildman–Crippen LogP) is -0.847. The first-order valence-corrected chi connectivity index (χ1v) is 10.9. The van der Waals surface area contributed by atoms with Gasteiger partial charge in [0, 0.05) is 11.8 Å². The molecular formula is C13H22O10S2. The summed E-state index contributed by atoms with van der Waals surface area (Å²) in [5.74, 6) is -4.62. The van der Waals surface area contributed by atoms with Crippen molar-refractivity contribution in [2.45, 2.75) is 6.42 Å². The molecule has 0 N–H and O–H groups in total. The second-order valence-electron chi connectivity index (χ2n) is 5.80. The summed E-state index contributed by atoms with van der Waals surface area (Å²) in [4.78, 5) is 24.0. The molecule has 1 rings (SSSR count). The van der Waals surface area contributed by atoms with Crippen molar-refractivity contribution in [2.75, 3.05) is 39.9 Å². The number of rotatable bonds is 8. The van der Waals surface area contributed by atoms with Gasteiger partial charge in [0.05, 0.1) is 51.8 Å². The first kappa shape index (κ1) is 21.8. The fraction of sp³-hybridized carbons (Fsp3) is 0.846. The molecule has 0 amide bonds. The summed E-state index contributed by atoms with van der Waals surface area (Å²) in [7, 11) is -5.30. The van der Waals surface area contributed by atoms with Gasteiger partial charge in [-0.15, -0.1) is 0 Å². The van der Waals surface area contributed by atoms with Crippen LogP contribution in [0.2, 0.25) is 0 Å². The van der Waals surface area contributed by atoms with Crippen LogP contribution in [0, 0.1) is 23.7 Å². The minimum atomic E-state index is -3.80. The number of carbonyl (C=O) groups excluding carboxylic acids is 2. The van der Waals surface area contributed by atoms with Crippen LogP contribution in [0.25, 0.3) is 0 Å². The van der Waals surface area contributed by atoms with E-state index in [1.807, 2.05) is 0 Å². The molecule has 0 aromatic heterocycles. The van der Waals surface area contributed by atoms with Crippen LogP contribution in [0.4, 0.5) is 0 Å². The quantitative estimate of drug-likeness (QED) is 0.372. The molecule has 0 heterocycles. The van der Waals surface area contributed by atoms with E-state index in [1.165, 1.54) is 0 Å². The molecule has 0 radical (unpaired) electrons. The average Bonchev–Trinajstić information content (AvgIpc) is 2.86. The Kier molecular flexibility index (Phi) is 7.35. The summed E-state index contributed by atoms with van der Waals surface area (Å²) in [5.41, 5.74) is 0. The van der Waals surface area contributed by atoms with Crippen LogP contribution in [0.5, 0.6) is 0 Å². The molecule has 0 bridgehead atoms. The molecule has 0 spiro atoms. The second-order valence-corrected chi connectivity index (χ2v) is 9.09. The smallest absolute Gasteiger partial charge is 0.309 e. The van der Waals surface area contributed by atoms with Gasteiger partial charge in [0.1, 0.15) is 0 Å². The van der Waals surface area contributed by atoms with Crippen molar-refractivity contribution in [3.63, 3.8) is 0 Å². The van der Waals surface area contributed by atoms with Gasteiger partial charge >= 0.3 is 11.9 Å². The Bertz CT molecular complexity index is 636. The van der Waals surface area contributed by atoms with Gasteiger partial charge in [-0.25, -0.2) is 0 Å². The van der Waals surface area contributed by atoms with Crippen LogP contribution >= 0.6 is 0 Å². The number of ether oxygens (including phenoxy) is 2. The minimum Gasteiger partial charge on any atom is -0.469 e. The zero-order valence-electron chi connectivity index (χ0n) is 14.3. The van der Waals surface area contributed by atoms with Gasteiger partial charge in [0.15, 0.2) is 0 Å². The van der Waals surface area contributed by atoms with E-state index in [-0.39, 0.29) is 6.42 Å². The third kappa shape index (κ3) is 6.53. The molecule has 146 valence electrons. The van der Waals surface area contributed by atoms with Crippen molar-refractivity contribution >= 4 is 32.2 Å². The Balaban J connectivity index is 3.15. The molecular weight excluding hydrogens is 380 g/mol. The maximum Gasteiger partial charge on any atom is 0.309 e. The van der Waals surface area contributed by atoms with E-state index in [0.717, 1.165) is 26.7 Å². The highest BCUT2D eigenvalue weighted by molar-refractivity contribution is 7.86. The Morgan fingerprint density at radius 3 is 1.36 bits per heavy atom. The van der Waals surface area contributed by atoms with Gasteiger partial charge in [-0.3, -0.25) is 18.0 Å². The number of methoxy groups -OCH3 is 2. The fourth-order valence-corrected chi connectivity index (χ4v) is 3.76. The van der Waals surface area contributed by atoms with Gasteiger partial charge in [0.2, 0.25) is 0 Å². The molecule has 0 aliphatic heterocycles. The molecule has 1 fully saturated rings. The molecule has 0 saturated heterocycles. The monoisotopic (exact) mass is 402 g/mol. The van der Waals surface area contributed by atoms with Gasteiger partial charge in [-0.1, -0.05) is 0 Å². The average molecular weight is 402 g/mol. The molecule has 0 aromatic carbocycles. The molecule has 12 heteroatoms. The zero-order valence-corrected chi connectivity index (χ0v) is 16.0. The third-order valence-electron chi connectivity index (χ3n) is 4.05. The Morgan fingerprint density at radius 1 is 0.800 bits per heavy atom. The van der Waals surface area contributed by atoms with Crippen LogP contribution in [0.15, 0.2) is 0 Å². The van der Waals surface area contributed by atoms with E-state index in [9.17, 15) is 26.4 Å². The normalized spacial score (nSPS) is 27.0. The number of carbonyl (C=O) groups is 2. The SMILES string of the molecule is COC(=O)[C@H]1C[C@@H](C(=O)OC)[C@H](COS(C)(=O)=O)[C@@H]1COS(C)(=O)=O. The van der Waals surface area contributed by atoms with E-state index in [1.54, 1.807) is 0 Å². The van der Waals surface area contributed by atoms with E-state index in [4.69, 9.17) is 17.8 Å². The molecule has 10 nitrogen and oxygen atoms in total. The highest BCUT2D eigenvalue weighted by atomic mass is 32.2. The second kappa shape index (κ2) is 8.43. The standard InChI is InChI=1S/C13H22O10S2/c1-20-12(14)8-5-9(13(15)21-2)11(7-23-25(4,18)19)10(8)6-22-24(3,16)17/h8-11H,5-7H2,1-4H3/t8-,9+,10+,11-. The van der Waals surface area contributed by atoms with Crippen LogP contribution in [0.3, 0.4) is 0 Å². The summed E-state index contributed by atoms with van der Waals surface area (Å²) < 4.78 is 64.0. The lowest BCUT2D eigenvalue weighted by Crippen LogP contribution is -2.33. The van der Waals surface area contributed by atoms with E-state index in [2.05, 4.69) is 0 Å². The van der Waals surface area contributed by atoms with Crippen LogP contribution in [0.1, 0.15) is 6.42 Å². The number of hydrogen-bond donors (Lipinski definition) is 0. The maximum atomic E-state index is 12.0. The van der Waals surface area contributed by atoms with Crippen molar-refractivity contribution < 1.29 is 44.3 Å². The first-order chi connectivity index (χ1) is 11.4. The molecule has 25 heavy (non-hydrogen) atoms. The summed E-state index contributed by atoms with van der Waals surface area (Å²) in [5, 5.41) is 0. The fourth-order valence-electron chi connectivity index (χ4n) is 2.95. The van der Waals surface area contributed by atoms with Crippen LogP contribution in [-0.2, 0) is 47.7 Å². The molecule has 0 aromatic rings. The highest BCUT2D eigenvalue weighted by Gasteiger charge is 2.51. The predicted molar refractivity (Wildman–Crippen MR) is 84.2 cm³/mol. The topological polar surface area (TPSA) is 139 Å². The first-order valence-electron chi connectivity index (χ1n) is 7.24. The summed E-state index contributed by atoms with van der Waals surface area (Å²) >= 11 is 0. The maximum absolute atomic E-state index is 12.0. The number of esters is 2. The van der Waals surface area contributed by atoms with Crippen LogP contribution < -0.4 is 0 Å². The summed E-state index contributed by atoms with van der Waals surface area (Å²) in [6.45, 7) is -0.826. The molecule has 0 unspecified atom stereocenters. The van der Waals surface area contributed by atoms with Crippen molar-refractivity contribution in [3.05, 3.63) is 0 Å². The van der Waals surface area contributed by atoms with Crippen molar-refractivity contribution in [1.29, 1.82) is 0 Å². The lowest BCUT2D eigenvalue weighted by atomic mass is 9.88. The number of hydrogen-bond acceptors (Lipinski definition) is 10. The zero-order chi connectivity index (χ0) is 19.4. The highest BCUT2D eigenvalue weighted by Crippen LogP contribution is 2.43. The van der Waals surface area contributed by atoms with Crippen molar-refractivity contribution in [3.8, 4) is 0 Å². The molecule has 1 aliphatic rings. The van der Waals surface area contributed by atoms with Gasteiger partial charge < -0.3 is 9.47 Å². The van der Waals surface area contributed by atoms with E-state index >= 15 is 0 Å². The Hall–Kier alpha value is -1.24. The Labute approximate surface area is 147 Å². The summed E-state index contributed by atoms with van der Waals surface area (Å²) in [6, 6.07) is 0. The Morgan fingerprint density at radius 2 is 1.12 bits per heavy atom. The minimum absolute atomic E-state index is 0.00885. The molecule has 1 aliphatic carbocycles. The largest absolute Gasteiger partial charge is 0.469 e. The molecule has 1 saturated carbocycles. The van der Waals surface area contributed by atoms with Gasteiger partial charge in [-0.2, -0.15) is 16.8 Å². The van der Waals surface area contributed by atoms with E-state index < -0.39 is 69.1 Å². The van der Waals surface area contributed by atoms with Crippen molar-refractivity contribution in [2.24, 2.45) is 23.7 Å². The lowest BCUT2D eigenvalue weighted by Gasteiger charge is -2.24. The van der Waals surface area contributed by atoms with Crippen LogP contribution in [-0.4, -0.2) is 68.7 Å². The van der Waals surface area contributed by atoms with Gasteiger partial charge in [0.25, 0.3) is 20.2 Å². The lowest BCUT2D eigenvalue weighted by molar-refractivity contribution is -0.147. The van der Waals surface area contributed by atoms with Gasteiger partial charge in [-0.05, 0) is 6.42 Å². The van der Waals surface area contributed by atoms with E-state index in [0.29, 0.717) is 0 Å². The summed E-state index contributed by atoms with van der Waals surface area (Å²) in [6.07, 6.45) is 1.69. The third-order valence-corrected chi connectivity index (χ3v) is 5.18. The molecule has 4 atom stereocenters.